The molecule has 0 fully saturated rings. The highest BCUT2D eigenvalue weighted by Crippen LogP contribution is 2.18. The number of aromatic amines is 1. The Bertz CT molecular complexity index is 966. The second-order valence-corrected chi connectivity index (χ2v) is 6.54. The summed E-state index contributed by atoms with van der Waals surface area (Å²) in [6.45, 7) is 6.45. The van der Waals surface area contributed by atoms with Gasteiger partial charge in [0.15, 0.2) is 10.6 Å². The standard InChI is InChI=1S/C18H21N5O2S/c1-11-5-4-6-14(9-11)17-21-22-18(26)23(17)8-7-15(24)19-10-16-20-12(2)13(3)25-16/h4-6,9H,7-8,10H2,1-3H3,(H,19,24)(H,22,26). The monoisotopic (exact) mass is 371 g/mol. The molecule has 2 heterocycles. The van der Waals surface area contributed by atoms with Gasteiger partial charge in [-0.15, -0.1) is 0 Å². The Morgan fingerprint density at radius 3 is 2.85 bits per heavy atom. The summed E-state index contributed by atoms with van der Waals surface area (Å²) < 4.78 is 7.79. The van der Waals surface area contributed by atoms with Gasteiger partial charge >= 0.3 is 0 Å². The molecule has 3 rings (SSSR count). The van der Waals surface area contributed by atoms with Gasteiger partial charge < -0.3 is 9.73 Å². The zero-order valence-corrected chi connectivity index (χ0v) is 15.8. The molecule has 0 unspecified atom stereocenters. The third-order valence-corrected chi connectivity index (χ3v) is 4.42. The SMILES string of the molecule is Cc1cccc(-c2n[nH]c(=S)n2CCC(=O)NCc2nc(C)c(C)o2)c1. The van der Waals surface area contributed by atoms with E-state index in [2.05, 4.69) is 20.5 Å². The summed E-state index contributed by atoms with van der Waals surface area (Å²) in [5.74, 6) is 1.90. The molecule has 0 atom stereocenters. The van der Waals surface area contributed by atoms with Crippen molar-refractivity contribution < 1.29 is 9.21 Å². The highest BCUT2D eigenvalue weighted by atomic mass is 32.1. The molecule has 3 aromatic rings. The van der Waals surface area contributed by atoms with E-state index in [0.717, 1.165) is 28.4 Å². The third-order valence-electron chi connectivity index (χ3n) is 4.11. The molecule has 0 spiro atoms. The minimum atomic E-state index is -0.100. The number of carbonyl (C=O) groups is 1. The number of carbonyl (C=O) groups excluding carboxylic acids is 1. The van der Waals surface area contributed by atoms with Crippen LogP contribution in [0.2, 0.25) is 0 Å². The molecule has 0 aliphatic heterocycles. The molecular formula is C18H21N5O2S. The first-order valence-corrected chi connectivity index (χ1v) is 8.76. The fourth-order valence-corrected chi connectivity index (χ4v) is 2.84. The number of aryl methyl sites for hydroxylation is 3. The van der Waals surface area contributed by atoms with Crippen LogP contribution in [0.15, 0.2) is 28.7 Å². The molecule has 0 saturated heterocycles. The predicted molar refractivity (Wildman–Crippen MR) is 100 cm³/mol. The van der Waals surface area contributed by atoms with Gasteiger partial charge in [0.1, 0.15) is 5.76 Å². The van der Waals surface area contributed by atoms with Crippen LogP contribution < -0.4 is 5.32 Å². The van der Waals surface area contributed by atoms with Crippen molar-refractivity contribution in [3.05, 3.63) is 51.9 Å². The summed E-state index contributed by atoms with van der Waals surface area (Å²) in [5, 5.41) is 9.92. The second-order valence-electron chi connectivity index (χ2n) is 6.15. The van der Waals surface area contributed by atoms with Crippen LogP contribution in [0.25, 0.3) is 11.4 Å². The lowest BCUT2D eigenvalue weighted by molar-refractivity contribution is -0.121. The molecule has 2 aromatic heterocycles. The zero-order valence-electron chi connectivity index (χ0n) is 15.0. The van der Waals surface area contributed by atoms with Crippen molar-refractivity contribution in [1.29, 1.82) is 0 Å². The summed E-state index contributed by atoms with van der Waals surface area (Å²) in [6.07, 6.45) is 0.283. The van der Waals surface area contributed by atoms with Crippen LogP contribution >= 0.6 is 12.2 Å². The van der Waals surface area contributed by atoms with Gasteiger partial charge in [-0.05, 0) is 39.1 Å². The number of amides is 1. The van der Waals surface area contributed by atoms with E-state index < -0.39 is 0 Å². The van der Waals surface area contributed by atoms with Gasteiger partial charge in [0, 0.05) is 18.5 Å². The van der Waals surface area contributed by atoms with Gasteiger partial charge in [0.05, 0.1) is 12.2 Å². The first kappa shape index (κ1) is 18.1. The molecule has 2 N–H and O–H groups in total. The molecular weight excluding hydrogens is 350 g/mol. The molecule has 0 aliphatic rings. The van der Waals surface area contributed by atoms with Crippen molar-refractivity contribution in [3.8, 4) is 11.4 Å². The summed E-state index contributed by atoms with van der Waals surface area (Å²) in [6, 6.07) is 8.00. The van der Waals surface area contributed by atoms with E-state index in [4.69, 9.17) is 16.6 Å². The van der Waals surface area contributed by atoms with Crippen LogP contribution in [0.4, 0.5) is 0 Å². The summed E-state index contributed by atoms with van der Waals surface area (Å²) in [5.41, 5.74) is 2.93. The number of nitrogens with one attached hydrogen (secondary N) is 2. The Morgan fingerprint density at radius 1 is 1.35 bits per heavy atom. The number of benzene rings is 1. The summed E-state index contributed by atoms with van der Waals surface area (Å²) >= 11 is 5.30. The van der Waals surface area contributed by atoms with Crippen molar-refractivity contribution >= 4 is 18.1 Å². The fraction of sp³-hybridized carbons (Fsp3) is 0.333. The molecule has 1 aromatic carbocycles. The van der Waals surface area contributed by atoms with Gasteiger partial charge in [-0.2, -0.15) is 5.10 Å². The molecule has 8 heteroatoms. The van der Waals surface area contributed by atoms with Crippen LogP contribution in [0.3, 0.4) is 0 Å². The zero-order chi connectivity index (χ0) is 18.7. The molecule has 136 valence electrons. The molecule has 1 amide bonds. The quantitative estimate of drug-likeness (QED) is 0.650. The predicted octanol–water partition coefficient (Wildman–Crippen LogP) is 3.23. The van der Waals surface area contributed by atoms with Gasteiger partial charge in [-0.25, -0.2) is 4.98 Å². The van der Waals surface area contributed by atoms with Crippen molar-refractivity contribution in [2.24, 2.45) is 0 Å². The number of hydrogen-bond acceptors (Lipinski definition) is 5. The van der Waals surface area contributed by atoms with Crippen molar-refractivity contribution in [1.82, 2.24) is 25.1 Å². The first-order valence-electron chi connectivity index (χ1n) is 8.36. The van der Waals surface area contributed by atoms with E-state index in [1.807, 2.05) is 49.6 Å². The number of hydrogen-bond donors (Lipinski definition) is 2. The molecule has 0 saturated carbocycles. The lowest BCUT2D eigenvalue weighted by atomic mass is 10.1. The lowest BCUT2D eigenvalue weighted by Crippen LogP contribution is -2.24. The Morgan fingerprint density at radius 2 is 2.15 bits per heavy atom. The number of H-pyrrole nitrogens is 1. The molecule has 0 aliphatic carbocycles. The second kappa shape index (κ2) is 7.65. The summed E-state index contributed by atoms with van der Waals surface area (Å²) in [4.78, 5) is 16.4. The van der Waals surface area contributed by atoms with Crippen molar-refractivity contribution in [2.75, 3.05) is 0 Å². The van der Waals surface area contributed by atoms with E-state index in [1.165, 1.54) is 0 Å². The van der Waals surface area contributed by atoms with E-state index in [-0.39, 0.29) is 18.9 Å². The molecule has 7 nitrogen and oxygen atoms in total. The van der Waals surface area contributed by atoms with Crippen LogP contribution in [-0.2, 0) is 17.9 Å². The highest BCUT2D eigenvalue weighted by molar-refractivity contribution is 7.71. The number of rotatable bonds is 6. The molecule has 0 radical (unpaired) electrons. The largest absolute Gasteiger partial charge is 0.444 e. The minimum absolute atomic E-state index is 0.100. The highest BCUT2D eigenvalue weighted by Gasteiger charge is 2.12. The number of nitrogens with zero attached hydrogens (tertiary/aromatic N) is 3. The average Bonchev–Trinajstić information content (AvgIpc) is 3.13. The normalized spacial score (nSPS) is 10.9. The van der Waals surface area contributed by atoms with Crippen LogP contribution in [0.1, 0.15) is 29.3 Å². The van der Waals surface area contributed by atoms with Crippen molar-refractivity contribution in [3.63, 3.8) is 0 Å². The van der Waals surface area contributed by atoms with Gasteiger partial charge in [-0.1, -0.05) is 23.8 Å². The van der Waals surface area contributed by atoms with Crippen molar-refractivity contribution in [2.45, 2.75) is 40.3 Å². The van der Waals surface area contributed by atoms with Crippen LogP contribution in [0, 0.1) is 25.5 Å². The van der Waals surface area contributed by atoms with Gasteiger partial charge in [0.2, 0.25) is 11.8 Å². The van der Waals surface area contributed by atoms with Crippen LogP contribution in [-0.4, -0.2) is 25.7 Å². The number of oxazole rings is 1. The Hall–Kier alpha value is -2.74. The molecule has 0 bridgehead atoms. The fourth-order valence-electron chi connectivity index (χ4n) is 2.62. The summed E-state index contributed by atoms with van der Waals surface area (Å²) in [7, 11) is 0. The Balaban J connectivity index is 1.63. The van der Waals surface area contributed by atoms with E-state index in [0.29, 0.717) is 17.2 Å². The number of aromatic nitrogens is 4. The third kappa shape index (κ3) is 4.08. The Labute approximate surface area is 156 Å². The maximum Gasteiger partial charge on any atom is 0.222 e. The molecule has 26 heavy (non-hydrogen) atoms. The van der Waals surface area contributed by atoms with Gasteiger partial charge in [-0.3, -0.25) is 14.5 Å². The van der Waals surface area contributed by atoms with E-state index >= 15 is 0 Å². The minimum Gasteiger partial charge on any atom is -0.444 e. The smallest absolute Gasteiger partial charge is 0.222 e. The van der Waals surface area contributed by atoms with Crippen LogP contribution in [0.5, 0.6) is 0 Å². The maximum atomic E-state index is 12.2. The average molecular weight is 371 g/mol. The Kier molecular flexibility index (Phi) is 5.32. The first-order chi connectivity index (χ1) is 12.4. The van der Waals surface area contributed by atoms with Gasteiger partial charge in [0.25, 0.3) is 0 Å². The van der Waals surface area contributed by atoms with E-state index in [1.54, 1.807) is 0 Å². The topological polar surface area (TPSA) is 88.7 Å². The van der Waals surface area contributed by atoms with E-state index in [9.17, 15) is 4.79 Å². The maximum absolute atomic E-state index is 12.2. The lowest BCUT2D eigenvalue weighted by Gasteiger charge is -2.08.